The van der Waals surface area contributed by atoms with Gasteiger partial charge in [-0.25, -0.2) is 8.42 Å². The summed E-state index contributed by atoms with van der Waals surface area (Å²) in [4.78, 5) is 26.5. The summed E-state index contributed by atoms with van der Waals surface area (Å²) in [6, 6.07) is 8.07. The fraction of sp³-hybridized carbons (Fsp3) is 0.300. The molecule has 0 unspecified atom stereocenters. The Morgan fingerprint density at radius 3 is 2.45 bits per heavy atom. The van der Waals surface area contributed by atoms with E-state index >= 15 is 0 Å². The molecule has 2 aromatic rings. The molecule has 0 atom stereocenters. The minimum atomic E-state index is -3.59. The van der Waals surface area contributed by atoms with Crippen LogP contribution in [0.2, 0.25) is 0 Å². The Labute approximate surface area is 168 Å². The van der Waals surface area contributed by atoms with Gasteiger partial charge in [-0.3, -0.25) is 19.6 Å². The predicted molar refractivity (Wildman–Crippen MR) is 104 cm³/mol. The van der Waals surface area contributed by atoms with E-state index in [-0.39, 0.29) is 27.6 Å². The third kappa shape index (κ3) is 4.34. The van der Waals surface area contributed by atoms with E-state index < -0.39 is 39.6 Å². The number of sulfone groups is 1. The van der Waals surface area contributed by atoms with E-state index in [4.69, 9.17) is 9.47 Å². The summed E-state index contributed by atoms with van der Waals surface area (Å²) < 4.78 is 35.0. The fourth-order valence-electron chi connectivity index (χ4n) is 2.85. The smallest absolute Gasteiger partial charge is 0.326 e. The molecule has 153 valence electrons. The van der Waals surface area contributed by atoms with Crippen LogP contribution >= 0.6 is 0 Å². The van der Waals surface area contributed by atoms with E-state index in [2.05, 4.69) is 0 Å². The Morgan fingerprint density at radius 1 is 1.14 bits per heavy atom. The van der Waals surface area contributed by atoms with Crippen molar-refractivity contribution in [2.45, 2.75) is 31.3 Å². The Kier molecular flexibility index (Phi) is 5.04. The molecule has 8 nitrogen and oxygen atoms in total. The van der Waals surface area contributed by atoms with Gasteiger partial charge in [-0.2, -0.15) is 0 Å². The summed E-state index contributed by atoms with van der Waals surface area (Å²) in [6.45, 7) is 4.52. The number of carbonyl (C=O) groups is 2. The van der Waals surface area contributed by atoms with Crippen molar-refractivity contribution in [1.82, 2.24) is 0 Å². The Bertz CT molecular complexity index is 1100. The third-order valence-electron chi connectivity index (χ3n) is 4.02. The molecule has 0 aliphatic carbocycles. The number of fused-ring (bicyclic) bond motifs is 2. The van der Waals surface area contributed by atoms with Crippen LogP contribution < -0.4 is 9.64 Å². The van der Waals surface area contributed by atoms with Crippen LogP contribution in [0.3, 0.4) is 0 Å². The molecule has 1 aliphatic rings. The standard InChI is InChI=1S/C20H20NO7S/c1-20(2,3)28-17(23)11-21-13-10-12(29(4,25)26)8-9-15(13)27-16-7-5-6-14(22)18(16)19(21)24/h5-10H,11H2,1-4H3. The van der Waals surface area contributed by atoms with E-state index in [0.29, 0.717) is 0 Å². The van der Waals surface area contributed by atoms with E-state index in [1.165, 1.54) is 36.4 Å². The molecule has 1 amide bonds. The number of amides is 1. The van der Waals surface area contributed by atoms with Crippen LogP contribution in [-0.2, 0) is 24.5 Å². The molecule has 0 saturated heterocycles. The number of ether oxygens (including phenoxy) is 2. The quantitative estimate of drug-likeness (QED) is 0.707. The Morgan fingerprint density at radius 2 is 1.83 bits per heavy atom. The minimum absolute atomic E-state index is 0.0301. The van der Waals surface area contributed by atoms with E-state index in [1.54, 1.807) is 20.8 Å². The van der Waals surface area contributed by atoms with Crippen LogP contribution in [0.4, 0.5) is 5.69 Å². The van der Waals surface area contributed by atoms with Gasteiger partial charge in [0, 0.05) is 6.26 Å². The van der Waals surface area contributed by atoms with Crippen LogP contribution in [0.25, 0.3) is 0 Å². The number of nitrogens with zero attached hydrogens (tertiary/aromatic N) is 1. The van der Waals surface area contributed by atoms with Crippen molar-refractivity contribution in [2.75, 3.05) is 17.7 Å². The lowest BCUT2D eigenvalue weighted by molar-refractivity contribution is -0.152. The van der Waals surface area contributed by atoms with Crippen LogP contribution in [0.1, 0.15) is 31.1 Å². The Balaban J connectivity index is 2.16. The summed E-state index contributed by atoms with van der Waals surface area (Å²) in [7, 11) is -3.59. The molecule has 29 heavy (non-hydrogen) atoms. The molecular formula is C20H20NO7S. The number of esters is 1. The monoisotopic (exact) mass is 418 g/mol. The zero-order chi connectivity index (χ0) is 21.6. The molecule has 0 spiro atoms. The van der Waals surface area contributed by atoms with Gasteiger partial charge in [0.05, 0.1) is 10.6 Å². The number of carbonyl (C=O) groups excluding carboxylic acids is 2. The number of hydrogen-bond donors (Lipinski definition) is 0. The molecule has 0 aromatic heterocycles. The van der Waals surface area contributed by atoms with Crippen LogP contribution in [0.15, 0.2) is 41.3 Å². The first kappa shape index (κ1) is 20.7. The molecule has 2 aromatic carbocycles. The predicted octanol–water partition coefficient (Wildman–Crippen LogP) is 3.33. The highest BCUT2D eigenvalue weighted by molar-refractivity contribution is 7.90. The second kappa shape index (κ2) is 7.07. The van der Waals surface area contributed by atoms with E-state index in [9.17, 15) is 23.1 Å². The first-order valence-electron chi connectivity index (χ1n) is 8.72. The number of hydrogen-bond acceptors (Lipinski definition) is 6. The number of anilines is 1. The van der Waals surface area contributed by atoms with Gasteiger partial charge in [0.25, 0.3) is 5.91 Å². The fourth-order valence-corrected chi connectivity index (χ4v) is 3.50. The van der Waals surface area contributed by atoms with Crippen molar-refractivity contribution >= 4 is 27.4 Å². The van der Waals surface area contributed by atoms with E-state index in [1.807, 2.05) is 0 Å². The highest BCUT2D eigenvalue weighted by atomic mass is 32.2. The van der Waals surface area contributed by atoms with Gasteiger partial charge in [0.2, 0.25) is 0 Å². The van der Waals surface area contributed by atoms with Crippen LogP contribution in [0, 0.1) is 0 Å². The molecule has 1 radical (unpaired) electrons. The van der Waals surface area contributed by atoms with Gasteiger partial charge < -0.3 is 9.47 Å². The van der Waals surface area contributed by atoms with Crippen molar-refractivity contribution in [3.63, 3.8) is 0 Å². The molecule has 0 fully saturated rings. The maximum atomic E-state index is 13.2. The maximum absolute atomic E-state index is 13.2. The first-order chi connectivity index (χ1) is 13.4. The largest absolute Gasteiger partial charge is 0.459 e. The minimum Gasteiger partial charge on any atom is -0.459 e. The van der Waals surface area contributed by atoms with Gasteiger partial charge in [-0.1, -0.05) is 6.07 Å². The average molecular weight is 418 g/mol. The zero-order valence-electron chi connectivity index (χ0n) is 16.4. The van der Waals surface area contributed by atoms with Crippen molar-refractivity contribution in [2.24, 2.45) is 0 Å². The highest BCUT2D eigenvalue weighted by Crippen LogP contribution is 2.42. The molecular weight excluding hydrogens is 398 g/mol. The second-order valence-electron chi connectivity index (χ2n) is 7.61. The molecule has 9 heteroatoms. The van der Waals surface area contributed by atoms with E-state index in [0.717, 1.165) is 11.2 Å². The topological polar surface area (TPSA) is 110 Å². The highest BCUT2D eigenvalue weighted by Gasteiger charge is 2.34. The van der Waals surface area contributed by atoms with Crippen molar-refractivity contribution in [3.8, 4) is 17.2 Å². The van der Waals surface area contributed by atoms with Gasteiger partial charge >= 0.3 is 5.97 Å². The number of benzene rings is 2. The van der Waals surface area contributed by atoms with Gasteiger partial charge in [0.15, 0.2) is 21.3 Å². The molecule has 1 heterocycles. The lowest BCUT2D eigenvalue weighted by Crippen LogP contribution is -2.38. The van der Waals surface area contributed by atoms with Crippen LogP contribution in [0.5, 0.6) is 17.2 Å². The lowest BCUT2D eigenvalue weighted by atomic mass is 10.1. The molecule has 0 saturated carbocycles. The number of rotatable bonds is 3. The second-order valence-corrected chi connectivity index (χ2v) is 9.63. The van der Waals surface area contributed by atoms with Crippen molar-refractivity contribution < 1.29 is 32.6 Å². The molecule has 0 bridgehead atoms. The van der Waals surface area contributed by atoms with Crippen molar-refractivity contribution in [3.05, 3.63) is 42.0 Å². The normalized spacial score (nSPS) is 13.8. The molecule has 0 N–H and O–H groups in total. The van der Waals surface area contributed by atoms with Crippen molar-refractivity contribution in [1.29, 1.82) is 0 Å². The maximum Gasteiger partial charge on any atom is 0.326 e. The summed E-state index contributed by atoms with van der Waals surface area (Å²) in [5.74, 6) is -1.90. The van der Waals surface area contributed by atoms with Gasteiger partial charge in [0.1, 0.15) is 23.5 Å². The summed E-state index contributed by atoms with van der Waals surface area (Å²) in [6.07, 6.45) is 1.02. The van der Waals surface area contributed by atoms with Gasteiger partial charge in [-0.15, -0.1) is 0 Å². The lowest BCUT2D eigenvalue weighted by Gasteiger charge is -2.25. The van der Waals surface area contributed by atoms with Crippen LogP contribution in [-0.4, -0.2) is 38.7 Å². The Hall–Kier alpha value is -3.07. The average Bonchev–Trinajstić information content (AvgIpc) is 2.68. The zero-order valence-corrected chi connectivity index (χ0v) is 17.2. The summed E-state index contributed by atoms with van der Waals surface area (Å²) in [5, 5.41) is 12.3. The molecule has 1 aliphatic heterocycles. The first-order valence-corrected chi connectivity index (χ1v) is 10.6. The SMILES string of the molecule is CC(C)(C)OC(=O)CN1C(=O)c2c([O])cccc2Oc2ccc(S(C)(=O)=O)cc21. The third-order valence-corrected chi connectivity index (χ3v) is 5.13. The molecule has 3 rings (SSSR count). The summed E-state index contributed by atoms with van der Waals surface area (Å²) in [5.41, 5.74) is -0.978. The summed E-state index contributed by atoms with van der Waals surface area (Å²) >= 11 is 0. The van der Waals surface area contributed by atoms with Gasteiger partial charge in [-0.05, 0) is 51.1 Å².